The van der Waals surface area contributed by atoms with E-state index in [9.17, 15) is 0 Å². The zero-order valence-electron chi connectivity index (χ0n) is 9.88. The molecule has 1 fully saturated rings. The van der Waals surface area contributed by atoms with Crippen LogP contribution in [0, 0.1) is 5.92 Å². The van der Waals surface area contributed by atoms with Crippen molar-refractivity contribution in [3.8, 4) is 0 Å². The lowest BCUT2D eigenvalue weighted by Crippen LogP contribution is -2.43. The Kier molecular flexibility index (Phi) is 5.65. The molecule has 1 rings (SSSR count). The molecule has 0 bridgehead atoms. The second kappa shape index (κ2) is 6.51. The van der Waals surface area contributed by atoms with Crippen LogP contribution < -0.4 is 5.73 Å². The maximum absolute atomic E-state index is 5.83. The molecule has 0 radical (unpaired) electrons. The van der Waals surface area contributed by atoms with Crippen molar-refractivity contribution in [3.05, 3.63) is 11.1 Å². The van der Waals surface area contributed by atoms with Gasteiger partial charge in [-0.25, -0.2) is 0 Å². The van der Waals surface area contributed by atoms with Crippen LogP contribution in [0.2, 0.25) is 0 Å². The van der Waals surface area contributed by atoms with Crippen molar-refractivity contribution >= 4 is 11.6 Å². The lowest BCUT2D eigenvalue weighted by molar-refractivity contribution is 0.143. The first-order chi connectivity index (χ1) is 7.19. The maximum atomic E-state index is 5.83. The normalized spacial score (nSPS) is 28.5. The second-order valence-corrected chi connectivity index (χ2v) is 4.94. The van der Waals surface area contributed by atoms with Gasteiger partial charge in [-0.05, 0) is 44.8 Å². The van der Waals surface area contributed by atoms with Crippen LogP contribution in [-0.4, -0.2) is 31.1 Å². The quantitative estimate of drug-likeness (QED) is 0.805. The van der Waals surface area contributed by atoms with Gasteiger partial charge in [0.25, 0.3) is 0 Å². The van der Waals surface area contributed by atoms with Crippen molar-refractivity contribution in [2.45, 2.75) is 38.6 Å². The monoisotopic (exact) mass is 230 g/mol. The largest absolute Gasteiger partial charge is 0.330 e. The molecule has 0 aromatic carbocycles. The van der Waals surface area contributed by atoms with E-state index >= 15 is 0 Å². The Morgan fingerprint density at radius 2 is 2.13 bits per heavy atom. The van der Waals surface area contributed by atoms with Crippen LogP contribution in [0.15, 0.2) is 11.1 Å². The lowest BCUT2D eigenvalue weighted by Gasteiger charge is -2.37. The van der Waals surface area contributed by atoms with Gasteiger partial charge < -0.3 is 5.73 Å². The van der Waals surface area contributed by atoms with Gasteiger partial charge in [0.2, 0.25) is 0 Å². The van der Waals surface area contributed by atoms with Crippen LogP contribution in [0.5, 0.6) is 0 Å². The van der Waals surface area contributed by atoms with E-state index in [0.29, 0.717) is 12.0 Å². The molecule has 1 saturated carbocycles. The zero-order chi connectivity index (χ0) is 11.3. The van der Waals surface area contributed by atoms with E-state index in [0.717, 1.165) is 13.1 Å². The van der Waals surface area contributed by atoms with Crippen molar-refractivity contribution in [3.63, 3.8) is 0 Å². The molecule has 0 heterocycles. The highest BCUT2D eigenvalue weighted by Crippen LogP contribution is 2.27. The average Bonchev–Trinajstić information content (AvgIpc) is 2.28. The van der Waals surface area contributed by atoms with Gasteiger partial charge in [0.05, 0.1) is 0 Å². The van der Waals surface area contributed by atoms with E-state index < -0.39 is 0 Å². The van der Waals surface area contributed by atoms with Crippen LogP contribution in [0.1, 0.15) is 32.6 Å². The molecule has 0 saturated heterocycles. The Morgan fingerprint density at radius 1 is 1.47 bits per heavy atom. The predicted octanol–water partition coefficient (Wildman–Crippen LogP) is 2.58. The number of hydrogen-bond acceptors (Lipinski definition) is 2. The highest BCUT2D eigenvalue weighted by molar-refractivity contribution is 6.25. The van der Waals surface area contributed by atoms with E-state index in [1.54, 1.807) is 5.54 Å². The van der Waals surface area contributed by atoms with Crippen LogP contribution in [-0.2, 0) is 0 Å². The molecule has 0 aliphatic heterocycles. The molecule has 2 N–H and O–H groups in total. The molecule has 0 aromatic rings. The summed E-state index contributed by atoms with van der Waals surface area (Å²) in [6, 6.07) is 0.648. The molecule has 88 valence electrons. The minimum absolute atomic E-state index is 0.648. The van der Waals surface area contributed by atoms with Gasteiger partial charge in [0, 0.05) is 18.1 Å². The standard InChI is InChI=1S/C12H23ClN2/c1-10(7-13)9-15(2)12-6-4-3-5-11(12)8-14/h7,11-12H,3-6,8-9,14H2,1-2H3. The summed E-state index contributed by atoms with van der Waals surface area (Å²) in [5, 5.41) is 0. The highest BCUT2D eigenvalue weighted by atomic mass is 35.5. The van der Waals surface area contributed by atoms with Crippen molar-refractivity contribution in [2.24, 2.45) is 11.7 Å². The molecule has 2 nitrogen and oxygen atoms in total. The van der Waals surface area contributed by atoms with Crippen LogP contribution in [0.3, 0.4) is 0 Å². The van der Waals surface area contributed by atoms with E-state index in [1.165, 1.54) is 31.3 Å². The number of halogens is 1. The average molecular weight is 231 g/mol. The molecule has 0 spiro atoms. The Labute approximate surface area is 98.5 Å². The summed E-state index contributed by atoms with van der Waals surface area (Å²) in [5.41, 5.74) is 8.73. The van der Waals surface area contributed by atoms with Gasteiger partial charge in [-0.2, -0.15) is 0 Å². The van der Waals surface area contributed by atoms with Gasteiger partial charge in [-0.1, -0.05) is 24.4 Å². The van der Waals surface area contributed by atoms with E-state index in [-0.39, 0.29) is 0 Å². The molecule has 15 heavy (non-hydrogen) atoms. The van der Waals surface area contributed by atoms with Crippen LogP contribution >= 0.6 is 11.6 Å². The predicted molar refractivity (Wildman–Crippen MR) is 67.0 cm³/mol. The number of likely N-dealkylation sites (N-methyl/N-ethyl adjacent to an activating group) is 1. The van der Waals surface area contributed by atoms with Gasteiger partial charge >= 0.3 is 0 Å². The van der Waals surface area contributed by atoms with Crippen LogP contribution in [0.4, 0.5) is 0 Å². The topological polar surface area (TPSA) is 29.3 Å². The summed E-state index contributed by atoms with van der Waals surface area (Å²) in [6.07, 6.45) is 5.26. The molecule has 0 amide bonds. The fourth-order valence-corrected chi connectivity index (χ4v) is 2.66. The van der Waals surface area contributed by atoms with Crippen molar-refractivity contribution < 1.29 is 0 Å². The molecule has 1 aliphatic carbocycles. The lowest BCUT2D eigenvalue weighted by atomic mass is 9.83. The Morgan fingerprint density at radius 3 is 2.73 bits per heavy atom. The number of rotatable bonds is 4. The van der Waals surface area contributed by atoms with Crippen molar-refractivity contribution in [1.29, 1.82) is 0 Å². The van der Waals surface area contributed by atoms with E-state index in [1.807, 2.05) is 0 Å². The molecular weight excluding hydrogens is 208 g/mol. The molecular formula is C12H23ClN2. The van der Waals surface area contributed by atoms with Crippen LogP contribution in [0.25, 0.3) is 0 Å². The molecule has 1 aliphatic rings. The molecule has 0 aromatic heterocycles. The first-order valence-electron chi connectivity index (χ1n) is 5.85. The minimum Gasteiger partial charge on any atom is -0.330 e. The van der Waals surface area contributed by atoms with E-state index in [2.05, 4.69) is 18.9 Å². The van der Waals surface area contributed by atoms with Gasteiger partial charge in [0.15, 0.2) is 0 Å². The van der Waals surface area contributed by atoms with Crippen molar-refractivity contribution in [2.75, 3.05) is 20.1 Å². The third-order valence-corrected chi connectivity index (χ3v) is 3.80. The van der Waals surface area contributed by atoms with E-state index in [4.69, 9.17) is 17.3 Å². The zero-order valence-corrected chi connectivity index (χ0v) is 10.6. The first-order valence-corrected chi connectivity index (χ1v) is 6.28. The Bertz CT molecular complexity index is 216. The fourth-order valence-electron chi connectivity index (χ4n) is 2.59. The van der Waals surface area contributed by atoms with Gasteiger partial charge in [-0.3, -0.25) is 4.90 Å². The van der Waals surface area contributed by atoms with Gasteiger partial charge in [0.1, 0.15) is 0 Å². The first kappa shape index (κ1) is 13.0. The summed E-state index contributed by atoms with van der Waals surface area (Å²) in [6.45, 7) is 3.85. The summed E-state index contributed by atoms with van der Waals surface area (Å²) < 4.78 is 0. The number of nitrogens with zero attached hydrogens (tertiary/aromatic N) is 1. The highest BCUT2D eigenvalue weighted by Gasteiger charge is 2.26. The van der Waals surface area contributed by atoms with Gasteiger partial charge in [-0.15, -0.1) is 0 Å². The summed E-state index contributed by atoms with van der Waals surface area (Å²) in [4.78, 5) is 2.41. The Balaban J connectivity index is 2.51. The number of nitrogens with two attached hydrogens (primary N) is 1. The maximum Gasteiger partial charge on any atom is 0.0201 e. The summed E-state index contributed by atoms with van der Waals surface area (Å²) in [7, 11) is 2.18. The minimum atomic E-state index is 0.648. The summed E-state index contributed by atoms with van der Waals surface area (Å²) in [5.74, 6) is 0.673. The fraction of sp³-hybridized carbons (Fsp3) is 0.833. The molecule has 2 atom stereocenters. The molecule has 3 heteroatoms. The SMILES string of the molecule is CC(=CCl)CN(C)C1CCCCC1CN. The third-order valence-electron chi connectivity index (χ3n) is 3.42. The third kappa shape index (κ3) is 3.78. The second-order valence-electron chi connectivity index (χ2n) is 4.72. The summed E-state index contributed by atoms with van der Waals surface area (Å²) >= 11 is 5.69. The Hall–Kier alpha value is -0.0500. The number of hydrogen-bond donors (Lipinski definition) is 1. The smallest absolute Gasteiger partial charge is 0.0201 e. The molecule has 2 unspecified atom stereocenters. The van der Waals surface area contributed by atoms with Crippen molar-refractivity contribution in [1.82, 2.24) is 4.90 Å².